The molecule has 0 aliphatic heterocycles. The number of rotatable bonds is 3. The van der Waals surface area contributed by atoms with Crippen molar-refractivity contribution >= 4 is 0 Å². The lowest BCUT2D eigenvalue weighted by atomic mass is 10.1. The summed E-state index contributed by atoms with van der Waals surface area (Å²) in [7, 11) is 0. The van der Waals surface area contributed by atoms with E-state index in [1.807, 2.05) is 32.9 Å². The first kappa shape index (κ1) is 12.9. The number of allylic oxidation sites excluding steroid dienone is 4. The van der Waals surface area contributed by atoms with Gasteiger partial charge in [-0.1, -0.05) is 46.1 Å². The molecule has 0 aliphatic carbocycles. The van der Waals surface area contributed by atoms with Crippen LogP contribution >= 0.6 is 0 Å². The molecule has 0 nitrogen and oxygen atoms in total. The van der Waals surface area contributed by atoms with Gasteiger partial charge >= 0.3 is 0 Å². The summed E-state index contributed by atoms with van der Waals surface area (Å²) in [5, 5.41) is 0. The summed E-state index contributed by atoms with van der Waals surface area (Å²) >= 11 is 0. The fourth-order valence-corrected chi connectivity index (χ4v) is 0.715. The standard InChI is InChI=1S/C9H14.C2H6/c1-5-8(4)9(6-2)7-3;1-2/h5-6H,1-2,7H2,3-4H3;1-2H3/b9-8+;. The molecule has 0 atom stereocenters. The molecule has 0 aliphatic rings. The zero-order valence-electron chi connectivity index (χ0n) is 8.28. The molecule has 0 heteroatoms. The third-order valence-corrected chi connectivity index (χ3v) is 1.44. The fourth-order valence-electron chi connectivity index (χ4n) is 0.715. The van der Waals surface area contributed by atoms with E-state index in [-0.39, 0.29) is 0 Å². The molecule has 0 saturated heterocycles. The van der Waals surface area contributed by atoms with Crippen LogP contribution in [0.25, 0.3) is 0 Å². The average molecular weight is 152 g/mol. The van der Waals surface area contributed by atoms with Crippen molar-refractivity contribution in [1.82, 2.24) is 0 Å². The molecule has 11 heavy (non-hydrogen) atoms. The molecule has 0 N–H and O–H groups in total. The molecular weight excluding hydrogens is 132 g/mol. The minimum Gasteiger partial charge on any atom is -0.0988 e. The highest BCUT2D eigenvalue weighted by molar-refractivity contribution is 5.28. The maximum atomic E-state index is 3.70. The van der Waals surface area contributed by atoms with Crippen molar-refractivity contribution in [2.45, 2.75) is 34.1 Å². The molecule has 0 heterocycles. The molecule has 64 valence electrons. The van der Waals surface area contributed by atoms with Gasteiger partial charge in [-0.25, -0.2) is 0 Å². The van der Waals surface area contributed by atoms with E-state index < -0.39 is 0 Å². The first-order chi connectivity index (χ1) is 5.26. The van der Waals surface area contributed by atoms with Gasteiger partial charge in [0.25, 0.3) is 0 Å². The van der Waals surface area contributed by atoms with E-state index in [2.05, 4.69) is 20.1 Å². The predicted octanol–water partition coefficient (Wildman–Crippen LogP) is 4.11. The summed E-state index contributed by atoms with van der Waals surface area (Å²) in [4.78, 5) is 0. The zero-order chi connectivity index (χ0) is 9.28. The molecule has 0 aromatic rings. The lowest BCUT2D eigenvalue weighted by molar-refractivity contribution is 1.12. The Morgan fingerprint density at radius 2 is 1.64 bits per heavy atom. The van der Waals surface area contributed by atoms with Crippen molar-refractivity contribution in [3.05, 3.63) is 36.5 Å². The highest BCUT2D eigenvalue weighted by Gasteiger charge is 1.88. The van der Waals surface area contributed by atoms with Crippen LogP contribution in [0.5, 0.6) is 0 Å². The third-order valence-electron chi connectivity index (χ3n) is 1.44. The Balaban J connectivity index is 0. The summed E-state index contributed by atoms with van der Waals surface area (Å²) < 4.78 is 0. The Bertz CT molecular complexity index is 138. The largest absolute Gasteiger partial charge is 0.0988 e. The van der Waals surface area contributed by atoms with Crippen LogP contribution in [-0.4, -0.2) is 0 Å². The van der Waals surface area contributed by atoms with Crippen molar-refractivity contribution in [3.63, 3.8) is 0 Å². The van der Waals surface area contributed by atoms with E-state index in [1.165, 1.54) is 11.1 Å². The fraction of sp³-hybridized carbons (Fsp3) is 0.455. The van der Waals surface area contributed by atoms with E-state index in [4.69, 9.17) is 0 Å². The molecule has 0 aromatic carbocycles. The van der Waals surface area contributed by atoms with Crippen LogP contribution in [0.4, 0.5) is 0 Å². The van der Waals surface area contributed by atoms with Crippen LogP contribution in [0, 0.1) is 0 Å². The summed E-state index contributed by atoms with van der Waals surface area (Å²) in [6.45, 7) is 15.5. The Kier molecular flexibility index (Phi) is 10.8. The quantitative estimate of drug-likeness (QED) is 0.534. The van der Waals surface area contributed by atoms with Crippen molar-refractivity contribution in [1.29, 1.82) is 0 Å². The van der Waals surface area contributed by atoms with Gasteiger partial charge in [0.1, 0.15) is 0 Å². The van der Waals surface area contributed by atoms with Crippen LogP contribution < -0.4 is 0 Å². The second-order valence-corrected chi connectivity index (χ2v) is 1.97. The van der Waals surface area contributed by atoms with Crippen LogP contribution in [0.15, 0.2) is 36.5 Å². The van der Waals surface area contributed by atoms with Crippen LogP contribution in [-0.2, 0) is 0 Å². The summed E-state index contributed by atoms with van der Waals surface area (Å²) in [6.07, 6.45) is 4.79. The second kappa shape index (κ2) is 9.22. The molecule has 0 aromatic heterocycles. The van der Waals surface area contributed by atoms with E-state index in [0.29, 0.717) is 0 Å². The molecule has 0 rings (SSSR count). The first-order valence-electron chi connectivity index (χ1n) is 4.20. The Labute approximate surface area is 71.3 Å². The summed E-state index contributed by atoms with van der Waals surface area (Å²) in [5.41, 5.74) is 2.51. The summed E-state index contributed by atoms with van der Waals surface area (Å²) in [5.74, 6) is 0. The highest BCUT2D eigenvalue weighted by atomic mass is 13.9. The molecule has 0 amide bonds. The van der Waals surface area contributed by atoms with Gasteiger partial charge in [-0.2, -0.15) is 0 Å². The van der Waals surface area contributed by atoms with Crippen molar-refractivity contribution in [2.24, 2.45) is 0 Å². The topological polar surface area (TPSA) is 0 Å². The number of hydrogen-bond donors (Lipinski definition) is 0. The second-order valence-electron chi connectivity index (χ2n) is 1.97. The molecule has 0 unspecified atom stereocenters. The molecule has 0 spiro atoms. The summed E-state index contributed by atoms with van der Waals surface area (Å²) in [6, 6.07) is 0. The maximum absolute atomic E-state index is 3.70. The van der Waals surface area contributed by atoms with Crippen LogP contribution in [0.2, 0.25) is 0 Å². The molecule has 0 radical (unpaired) electrons. The minimum atomic E-state index is 1.04. The molecule has 0 bridgehead atoms. The van der Waals surface area contributed by atoms with Gasteiger partial charge in [-0.3, -0.25) is 0 Å². The minimum absolute atomic E-state index is 1.04. The van der Waals surface area contributed by atoms with E-state index >= 15 is 0 Å². The van der Waals surface area contributed by atoms with Crippen LogP contribution in [0.1, 0.15) is 34.1 Å². The van der Waals surface area contributed by atoms with Gasteiger partial charge in [0, 0.05) is 0 Å². The Hall–Kier alpha value is -0.780. The average Bonchev–Trinajstić information content (AvgIpc) is 2.10. The van der Waals surface area contributed by atoms with Gasteiger partial charge in [0.15, 0.2) is 0 Å². The lowest BCUT2D eigenvalue weighted by Gasteiger charge is -1.98. The van der Waals surface area contributed by atoms with Crippen molar-refractivity contribution in [3.8, 4) is 0 Å². The van der Waals surface area contributed by atoms with Crippen LogP contribution in [0.3, 0.4) is 0 Å². The smallest absolute Gasteiger partial charge is 0.0305 e. The Morgan fingerprint density at radius 1 is 1.18 bits per heavy atom. The molecular formula is C11H20. The van der Waals surface area contributed by atoms with Crippen molar-refractivity contribution < 1.29 is 0 Å². The van der Waals surface area contributed by atoms with Gasteiger partial charge in [0.05, 0.1) is 0 Å². The van der Waals surface area contributed by atoms with E-state index in [0.717, 1.165) is 6.42 Å². The normalized spacial score (nSPS) is 10.5. The highest BCUT2D eigenvalue weighted by Crippen LogP contribution is 2.08. The zero-order valence-corrected chi connectivity index (χ0v) is 8.28. The van der Waals surface area contributed by atoms with E-state index in [1.54, 1.807) is 0 Å². The number of hydrogen-bond acceptors (Lipinski definition) is 0. The van der Waals surface area contributed by atoms with Gasteiger partial charge in [0.2, 0.25) is 0 Å². The maximum Gasteiger partial charge on any atom is -0.0305 e. The van der Waals surface area contributed by atoms with Crippen molar-refractivity contribution in [2.75, 3.05) is 0 Å². The van der Waals surface area contributed by atoms with Gasteiger partial charge in [-0.05, 0) is 24.5 Å². The van der Waals surface area contributed by atoms with E-state index in [9.17, 15) is 0 Å². The predicted molar refractivity (Wildman–Crippen MR) is 54.7 cm³/mol. The SMILES string of the molecule is C=C/C(C)=C(\C=C)CC.CC. The van der Waals surface area contributed by atoms with Gasteiger partial charge in [-0.15, -0.1) is 0 Å². The Morgan fingerprint density at radius 3 is 1.73 bits per heavy atom. The van der Waals surface area contributed by atoms with Gasteiger partial charge < -0.3 is 0 Å². The molecule has 0 saturated carbocycles. The molecule has 0 fully saturated rings. The lowest BCUT2D eigenvalue weighted by Crippen LogP contribution is -1.77. The third kappa shape index (κ3) is 5.65. The monoisotopic (exact) mass is 152 g/mol. The first-order valence-corrected chi connectivity index (χ1v) is 4.20.